The largest absolute Gasteiger partial charge is 0.481 e. The number of hydrogen-bond acceptors (Lipinski definition) is 5. The summed E-state index contributed by atoms with van der Waals surface area (Å²) < 4.78 is 34.4. The molecular weight excluding hydrogens is 288 g/mol. The van der Waals surface area contributed by atoms with E-state index in [0.717, 1.165) is 12.2 Å². The molecule has 0 aromatic heterocycles. The van der Waals surface area contributed by atoms with Gasteiger partial charge in [-0.2, -0.15) is 8.42 Å². The van der Waals surface area contributed by atoms with Gasteiger partial charge in [-0.05, 0) is 12.8 Å². The van der Waals surface area contributed by atoms with Gasteiger partial charge in [0.05, 0.1) is 12.2 Å². The van der Waals surface area contributed by atoms with E-state index < -0.39 is 39.1 Å². The quantitative estimate of drug-likeness (QED) is 0.284. The van der Waals surface area contributed by atoms with E-state index in [-0.39, 0.29) is 6.42 Å². The third kappa shape index (κ3) is 3.34. The number of carboxylic acid groups (broad SMARTS) is 1. The number of hydrogen-bond donors (Lipinski definition) is 2. The topological polar surface area (TPSA) is 118 Å². The van der Waals surface area contributed by atoms with Gasteiger partial charge < -0.3 is 9.84 Å². The predicted molar refractivity (Wildman–Crippen MR) is 71.3 cm³/mol. The molecule has 2 atom stereocenters. The van der Waals surface area contributed by atoms with Crippen LogP contribution in [0.4, 0.5) is 0 Å². The molecule has 8 heteroatoms. The van der Waals surface area contributed by atoms with Crippen molar-refractivity contribution in [2.45, 2.75) is 17.6 Å². The second-order valence-corrected chi connectivity index (χ2v) is 5.52. The third-order valence-corrected chi connectivity index (χ3v) is 4.25. The molecule has 20 heavy (non-hydrogen) atoms. The minimum atomic E-state index is -5.10. The van der Waals surface area contributed by atoms with E-state index in [1.165, 1.54) is 0 Å². The van der Waals surface area contributed by atoms with Crippen LogP contribution in [0.25, 0.3) is 0 Å². The van der Waals surface area contributed by atoms with Crippen molar-refractivity contribution in [3.63, 3.8) is 0 Å². The molecule has 112 valence electrons. The fourth-order valence-corrected chi connectivity index (χ4v) is 2.95. The maximum atomic E-state index is 11.9. The number of esters is 1. The first-order chi connectivity index (χ1) is 9.18. The Balaban J connectivity index is 6.29. The molecule has 0 saturated heterocycles. The monoisotopic (exact) mass is 304 g/mol. The lowest BCUT2D eigenvalue weighted by Gasteiger charge is -2.31. The van der Waals surface area contributed by atoms with Crippen LogP contribution in [0, 0.1) is 5.92 Å². The molecule has 0 rings (SSSR count). The fourth-order valence-electron chi connectivity index (χ4n) is 1.81. The van der Waals surface area contributed by atoms with Crippen molar-refractivity contribution in [3.8, 4) is 0 Å². The predicted octanol–water partition coefficient (Wildman–Crippen LogP) is 1.15. The Kier molecular flexibility index (Phi) is 6.34. The molecule has 0 aliphatic heterocycles. The van der Waals surface area contributed by atoms with Gasteiger partial charge in [0.2, 0.25) is 4.75 Å². The average Bonchev–Trinajstić information content (AvgIpc) is 2.31. The van der Waals surface area contributed by atoms with Gasteiger partial charge in [-0.3, -0.25) is 9.35 Å². The van der Waals surface area contributed by atoms with Gasteiger partial charge in [-0.25, -0.2) is 4.79 Å². The summed E-state index contributed by atoms with van der Waals surface area (Å²) in [6.45, 7) is 9.68. The molecule has 0 radical (unpaired) electrons. The smallest absolute Gasteiger partial charge is 0.336 e. The zero-order valence-electron chi connectivity index (χ0n) is 10.7. The highest BCUT2D eigenvalue weighted by atomic mass is 32.2. The van der Waals surface area contributed by atoms with Crippen LogP contribution >= 0.6 is 0 Å². The minimum absolute atomic E-state index is 0.366. The Bertz CT molecular complexity index is 520. The Morgan fingerprint density at radius 1 is 1.25 bits per heavy atom. The second-order valence-electron chi connectivity index (χ2n) is 3.84. The van der Waals surface area contributed by atoms with E-state index >= 15 is 0 Å². The lowest BCUT2D eigenvalue weighted by Crippen LogP contribution is -2.55. The molecule has 0 fully saturated rings. The summed E-state index contributed by atoms with van der Waals surface area (Å²) in [6.07, 6.45) is 1.79. The molecule has 0 amide bonds. The molecular formula is C12H16O7S. The van der Waals surface area contributed by atoms with Gasteiger partial charge in [0.15, 0.2) is 0 Å². The molecule has 0 heterocycles. The number of aliphatic carboxylic acids is 1. The molecule has 0 bridgehead atoms. The first-order valence-electron chi connectivity index (χ1n) is 5.42. The molecule has 2 unspecified atom stereocenters. The van der Waals surface area contributed by atoms with Crippen molar-refractivity contribution in [3.05, 3.63) is 38.2 Å². The van der Waals surface area contributed by atoms with Crippen LogP contribution in [-0.4, -0.2) is 34.8 Å². The summed E-state index contributed by atoms with van der Waals surface area (Å²) >= 11 is 0. The molecule has 0 spiro atoms. The maximum absolute atomic E-state index is 11.9. The van der Waals surface area contributed by atoms with Crippen molar-refractivity contribution in [2.75, 3.05) is 0 Å². The Morgan fingerprint density at radius 3 is 2.10 bits per heavy atom. The van der Waals surface area contributed by atoms with Crippen molar-refractivity contribution in [1.29, 1.82) is 0 Å². The van der Waals surface area contributed by atoms with Crippen LogP contribution < -0.4 is 0 Å². The molecule has 0 aliphatic carbocycles. The van der Waals surface area contributed by atoms with Crippen LogP contribution in [-0.2, 0) is 24.4 Å². The summed E-state index contributed by atoms with van der Waals surface area (Å²) in [5.41, 5.74) is 0. The third-order valence-electron chi connectivity index (χ3n) is 2.71. The lowest BCUT2D eigenvalue weighted by molar-refractivity contribution is -0.152. The zero-order chi connectivity index (χ0) is 16.0. The van der Waals surface area contributed by atoms with Gasteiger partial charge in [-0.15, -0.1) is 13.2 Å². The summed E-state index contributed by atoms with van der Waals surface area (Å²) in [7, 11) is -5.10. The number of carboxylic acids is 1. The van der Waals surface area contributed by atoms with Gasteiger partial charge in [0, 0.05) is 0 Å². The molecule has 0 aliphatic rings. The van der Waals surface area contributed by atoms with Crippen LogP contribution in [0.15, 0.2) is 38.2 Å². The molecule has 2 N–H and O–H groups in total. The second kappa shape index (κ2) is 7.01. The standard InChI is InChI=1S/C12H16O7S/c1-4-7-9(10(13)14)12(8-5-2,20(16,17)18)11(15)19-6-3/h4-6,9H,1-3,7-8H2,(H,13,14)(H,16,17,18). The number of allylic oxidation sites excluding steroid dienone is 2. The summed E-state index contributed by atoms with van der Waals surface area (Å²) in [5, 5.41) is 9.16. The summed E-state index contributed by atoms with van der Waals surface area (Å²) in [6, 6.07) is 0. The van der Waals surface area contributed by atoms with E-state index in [4.69, 9.17) is 5.11 Å². The molecule has 0 aromatic carbocycles. The van der Waals surface area contributed by atoms with Crippen molar-refractivity contribution >= 4 is 22.1 Å². The fraction of sp³-hybridized carbons (Fsp3) is 0.333. The Hall–Kier alpha value is -1.93. The SMILES string of the molecule is C=CCC(C(=O)O)C(CC=C)(C(=O)OC=C)S(=O)(=O)O. The van der Waals surface area contributed by atoms with E-state index in [0.29, 0.717) is 6.26 Å². The number of ether oxygens (including phenoxy) is 1. The van der Waals surface area contributed by atoms with E-state index in [1.54, 1.807) is 0 Å². The summed E-state index contributed by atoms with van der Waals surface area (Å²) in [4.78, 5) is 23.2. The Labute approximate surface area is 117 Å². The van der Waals surface area contributed by atoms with E-state index in [9.17, 15) is 22.6 Å². The normalized spacial score (nSPS) is 15.4. The lowest BCUT2D eigenvalue weighted by atomic mass is 9.85. The highest BCUT2D eigenvalue weighted by molar-refractivity contribution is 7.88. The van der Waals surface area contributed by atoms with Crippen LogP contribution in [0.5, 0.6) is 0 Å². The number of rotatable bonds is 9. The molecule has 0 saturated carbocycles. The van der Waals surface area contributed by atoms with Crippen molar-refractivity contribution < 1.29 is 32.4 Å². The number of carbonyl (C=O) groups excluding carboxylic acids is 1. The first kappa shape index (κ1) is 18.1. The highest BCUT2D eigenvalue weighted by Gasteiger charge is 2.59. The minimum Gasteiger partial charge on any atom is -0.481 e. The Morgan fingerprint density at radius 2 is 1.80 bits per heavy atom. The van der Waals surface area contributed by atoms with Crippen molar-refractivity contribution in [1.82, 2.24) is 0 Å². The van der Waals surface area contributed by atoms with Gasteiger partial charge in [0.1, 0.15) is 0 Å². The van der Waals surface area contributed by atoms with Gasteiger partial charge >= 0.3 is 11.9 Å². The van der Waals surface area contributed by atoms with Gasteiger partial charge in [0.25, 0.3) is 10.1 Å². The van der Waals surface area contributed by atoms with Crippen LogP contribution in [0.1, 0.15) is 12.8 Å². The van der Waals surface area contributed by atoms with Crippen molar-refractivity contribution in [2.24, 2.45) is 5.92 Å². The van der Waals surface area contributed by atoms with E-state index in [2.05, 4.69) is 24.5 Å². The average molecular weight is 304 g/mol. The van der Waals surface area contributed by atoms with Gasteiger partial charge in [-0.1, -0.05) is 18.7 Å². The first-order valence-corrected chi connectivity index (χ1v) is 6.86. The highest BCUT2D eigenvalue weighted by Crippen LogP contribution is 2.35. The van der Waals surface area contributed by atoms with Crippen LogP contribution in [0.2, 0.25) is 0 Å². The molecule has 7 nitrogen and oxygen atoms in total. The van der Waals surface area contributed by atoms with E-state index in [1.807, 2.05) is 0 Å². The summed E-state index contributed by atoms with van der Waals surface area (Å²) in [5.74, 6) is -4.81. The maximum Gasteiger partial charge on any atom is 0.336 e. The zero-order valence-corrected chi connectivity index (χ0v) is 11.5. The number of carbonyl (C=O) groups is 2. The van der Waals surface area contributed by atoms with Crippen LogP contribution in [0.3, 0.4) is 0 Å². The molecule has 0 aromatic rings.